The number of sulfonamides is 1. The summed E-state index contributed by atoms with van der Waals surface area (Å²) in [4.78, 5) is 31.9. The predicted molar refractivity (Wildman–Crippen MR) is 150 cm³/mol. The Morgan fingerprint density at radius 3 is 2.65 bits per heavy atom. The molecule has 0 unspecified atom stereocenters. The van der Waals surface area contributed by atoms with Gasteiger partial charge < -0.3 is 24.6 Å². The van der Waals surface area contributed by atoms with Gasteiger partial charge >= 0.3 is 0 Å². The number of anilines is 1. The minimum Gasteiger partial charge on any atom is -0.488 e. The van der Waals surface area contributed by atoms with Crippen LogP contribution in [-0.2, 0) is 33.1 Å². The number of benzene rings is 1. The van der Waals surface area contributed by atoms with E-state index in [2.05, 4.69) is 10.3 Å². The van der Waals surface area contributed by atoms with Crippen LogP contribution in [-0.4, -0.2) is 83.0 Å². The van der Waals surface area contributed by atoms with Crippen molar-refractivity contribution < 1.29 is 27.9 Å². The first-order valence-corrected chi connectivity index (χ1v) is 15.4. The Labute approximate surface area is 236 Å². The molecule has 1 fully saturated rings. The number of carbonyl (C=O) groups excluding carboxylic acids is 2. The summed E-state index contributed by atoms with van der Waals surface area (Å²) < 4.78 is 35.6. The molecule has 40 heavy (non-hydrogen) atoms. The highest BCUT2D eigenvalue weighted by Gasteiger charge is 2.34. The van der Waals surface area contributed by atoms with E-state index in [4.69, 9.17) is 4.74 Å². The first-order chi connectivity index (χ1) is 19.0. The molecule has 4 rings (SSSR count). The quantitative estimate of drug-likeness (QED) is 0.494. The summed E-state index contributed by atoms with van der Waals surface area (Å²) in [5, 5.41) is 12.8. The standard InChI is InChI=1S/C28H41N5O6S/c1-19-14-33(20(2)17-34)27(35)13-22-12-23(30-28(36)21-8-6-5-7-9-21)10-11-24(22)39-25(19)15-32(4)40(37,38)26-16-31(3)18-29-26/h10-12,16,18-21,25,34H,5-9,13-15,17H2,1-4H3,(H,30,36)/t19-,20-,25-/m1/s1. The number of hydrogen-bond donors (Lipinski definition) is 2. The van der Waals surface area contributed by atoms with Crippen LogP contribution < -0.4 is 10.1 Å². The van der Waals surface area contributed by atoms with Gasteiger partial charge in [0.1, 0.15) is 11.9 Å². The van der Waals surface area contributed by atoms with Gasteiger partial charge in [-0.15, -0.1) is 0 Å². The van der Waals surface area contributed by atoms with Crippen LogP contribution in [0, 0.1) is 11.8 Å². The van der Waals surface area contributed by atoms with E-state index >= 15 is 0 Å². The summed E-state index contributed by atoms with van der Waals surface area (Å²) in [6.45, 7) is 3.78. The lowest BCUT2D eigenvalue weighted by Gasteiger charge is -2.33. The van der Waals surface area contributed by atoms with Gasteiger partial charge in [0.15, 0.2) is 5.03 Å². The molecule has 1 saturated carbocycles. The third-order valence-electron chi connectivity index (χ3n) is 7.95. The monoisotopic (exact) mass is 575 g/mol. The van der Waals surface area contributed by atoms with Crippen molar-refractivity contribution in [2.75, 3.05) is 32.1 Å². The van der Waals surface area contributed by atoms with Gasteiger partial charge in [-0.3, -0.25) is 9.59 Å². The minimum absolute atomic E-state index is 0.0143. The van der Waals surface area contributed by atoms with E-state index in [1.165, 1.54) is 23.9 Å². The number of carbonyl (C=O) groups is 2. The van der Waals surface area contributed by atoms with E-state index in [1.54, 1.807) is 41.6 Å². The lowest BCUT2D eigenvalue weighted by atomic mass is 9.88. The fourth-order valence-electron chi connectivity index (χ4n) is 5.37. The molecule has 2 aliphatic rings. The molecule has 11 nitrogen and oxygen atoms in total. The molecule has 2 amide bonds. The number of imidazole rings is 1. The van der Waals surface area contributed by atoms with Crippen LogP contribution in [0.15, 0.2) is 35.7 Å². The van der Waals surface area contributed by atoms with Gasteiger partial charge in [-0.2, -0.15) is 4.31 Å². The van der Waals surface area contributed by atoms with Crippen molar-refractivity contribution in [1.82, 2.24) is 18.8 Å². The van der Waals surface area contributed by atoms with Crippen LogP contribution in [0.25, 0.3) is 0 Å². The summed E-state index contributed by atoms with van der Waals surface area (Å²) in [6, 6.07) is 4.82. The van der Waals surface area contributed by atoms with Crippen molar-refractivity contribution in [3.63, 3.8) is 0 Å². The number of likely N-dealkylation sites (N-methyl/N-ethyl adjacent to an activating group) is 1. The maximum Gasteiger partial charge on any atom is 0.261 e. The van der Waals surface area contributed by atoms with Gasteiger partial charge in [0.2, 0.25) is 11.8 Å². The second-order valence-corrected chi connectivity index (χ2v) is 13.2. The number of amides is 2. The number of aliphatic hydroxyl groups is 1. The van der Waals surface area contributed by atoms with Crippen LogP contribution in [0.5, 0.6) is 5.75 Å². The molecule has 2 N–H and O–H groups in total. The highest BCUT2D eigenvalue weighted by atomic mass is 32.2. The number of hydrogen-bond acceptors (Lipinski definition) is 7. The second-order valence-electron chi connectivity index (χ2n) is 11.2. The van der Waals surface area contributed by atoms with E-state index in [0.29, 0.717) is 17.0 Å². The molecule has 0 spiro atoms. The van der Waals surface area contributed by atoms with Gasteiger partial charge in [-0.05, 0) is 38.0 Å². The normalized spacial score (nSPS) is 21.6. The Morgan fingerprint density at radius 2 is 2.00 bits per heavy atom. The third kappa shape index (κ3) is 6.84. The molecule has 0 radical (unpaired) electrons. The van der Waals surface area contributed by atoms with E-state index in [-0.39, 0.29) is 54.8 Å². The predicted octanol–water partition coefficient (Wildman–Crippen LogP) is 2.41. The number of rotatable bonds is 8. The molecule has 0 bridgehead atoms. The van der Waals surface area contributed by atoms with Crippen LogP contribution in [0.1, 0.15) is 51.5 Å². The lowest BCUT2D eigenvalue weighted by Crippen LogP contribution is -2.48. The molecule has 1 aliphatic carbocycles. The van der Waals surface area contributed by atoms with Crippen LogP contribution in [0.4, 0.5) is 5.69 Å². The zero-order chi connectivity index (χ0) is 29.0. The number of aryl methyl sites for hydroxylation is 1. The minimum atomic E-state index is -3.87. The fourth-order valence-corrected chi connectivity index (χ4v) is 6.51. The van der Waals surface area contributed by atoms with Crippen LogP contribution >= 0.6 is 0 Å². The van der Waals surface area contributed by atoms with Crippen molar-refractivity contribution in [2.45, 2.75) is 69.5 Å². The molecule has 3 atom stereocenters. The molecular weight excluding hydrogens is 534 g/mol. The van der Waals surface area contributed by atoms with E-state index in [1.807, 2.05) is 6.92 Å². The van der Waals surface area contributed by atoms with Crippen molar-refractivity contribution >= 4 is 27.5 Å². The molecule has 1 aliphatic heterocycles. The molecule has 0 saturated heterocycles. The summed E-state index contributed by atoms with van der Waals surface area (Å²) >= 11 is 0. The largest absolute Gasteiger partial charge is 0.488 e. The summed E-state index contributed by atoms with van der Waals surface area (Å²) in [6.07, 6.45) is 7.30. The Morgan fingerprint density at radius 1 is 1.27 bits per heavy atom. The number of nitrogens with one attached hydrogen (secondary N) is 1. The first-order valence-electron chi connectivity index (χ1n) is 13.9. The highest BCUT2D eigenvalue weighted by molar-refractivity contribution is 7.89. The zero-order valence-corrected chi connectivity index (χ0v) is 24.6. The topological polar surface area (TPSA) is 134 Å². The highest BCUT2D eigenvalue weighted by Crippen LogP contribution is 2.31. The maximum atomic E-state index is 13.4. The van der Waals surface area contributed by atoms with Gasteiger partial charge in [0.05, 0.1) is 31.9 Å². The summed E-state index contributed by atoms with van der Waals surface area (Å²) in [5.74, 6) is -0.0130. The van der Waals surface area contributed by atoms with Crippen molar-refractivity contribution in [3.05, 3.63) is 36.3 Å². The van der Waals surface area contributed by atoms with E-state index < -0.39 is 22.2 Å². The molecule has 220 valence electrons. The number of aliphatic hydroxyl groups excluding tert-OH is 1. The Balaban J connectivity index is 1.62. The number of ether oxygens (including phenoxy) is 1. The average Bonchev–Trinajstić information content (AvgIpc) is 3.40. The molecule has 2 aromatic rings. The maximum absolute atomic E-state index is 13.4. The van der Waals surface area contributed by atoms with E-state index in [9.17, 15) is 23.1 Å². The van der Waals surface area contributed by atoms with Gasteiger partial charge in [0.25, 0.3) is 10.0 Å². The Kier molecular flexibility index (Phi) is 9.52. The van der Waals surface area contributed by atoms with Crippen molar-refractivity contribution in [2.24, 2.45) is 18.9 Å². The fraction of sp³-hybridized carbons (Fsp3) is 0.607. The van der Waals surface area contributed by atoms with Crippen LogP contribution in [0.3, 0.4) is 0 Å². The number of aromatic nitrogens is 2. The number of nitrogens with zero attached hydrogens (tertiary/aromatic N) is 4. The third-order valence-corrected chi connectivity index (χ3v) is 9.66. The molecular formula is C28H41N5O6S. The Hall–Kier alpha value is -2.96. The summed E-state index contributed by atoms with van der Waals surface area (Å²) in [7, 11) is -0.688. The van der Waals surface area contributed by atoms with Gasteiger partial charge in [-0.1, -0.05) is 26.2 Å². The molecule has 2 heterocycles. The van der Waals surface area contributed by atoms with Crippen LogP contribution in [0.2, 0.25) is 0 Å². The number of fused-ring (bicyclic) bond motifs is 1. The molecule has 1 aromatic carbocycles. The second kappa shape index (κ2) is 12.7. The van der Waals surface area contributed by atoms with Crippen molar-refractivity contribution in [3.8, 4) is 5.75 Å². The molecule has 1 aromatic heterocycles. The van der Waals surface area contributed by atoms with Crippen molar-refractivity contribution in [1.29, 1.82) is 0 Å². The first kappa shape index (κ1) is 30.0. The molecule has 12 heteroatoms. The smallest absolute Gasteiger partial charge is 0.261 e. The Bertz CT molecular complexity index is 1310. The lowest BCUT2D eigenvalue weighted by molar-refractivity contribution is -0.134. The average molecular weight is 576 g/mol. The van der Waals surface area contributed by atoms with Gasteiger partial charge in [-0.25, -0.2) is 13.4 Å². The van der Waals surface area contributed by atoms with E-state index in [0.717, 1.165) is 32.1 Å². The summed E-state index contributed by atoms with van der Waals surface area (Å²) in [5.41, 5.74) is 1.18. The van der Waals surface area contributed by atoms with Gasteiger partial charge in [0, 0.05) is 49.9 Å². The SMILES string of the molecule is C[C@@H]1CN([C@H](C)CO)C(=O)Cc2cc(NC(=O)C3CCCCC3)ccc2O[C@@H]1CN(C)S(=O)(=O)c1cn(C)cn1. The zero-order valence-electron chi connectivity index (χ0n) is 23.7.